The maximum absolute atomic E-state index is 5.51. The molecular formula is C10H23NOS. The minimum Gasteiger partial charge on any atom is -0.380 e. The fourth-order valence-corrected chi connectivity index (χ4v) is 1.73. The summed E-state index contributed by atoms with van der Waals surface area (Å²) in [5.41, 5.74) is 5.51. The van der Waals surface area contributed by atoms with Crippen molar-refractivity contribution < 1.29 is 4.74 Å². The number of nitrogens with two attached hydrogens (primary N) is 1. The molecule has 0 rings (SSSR count). The van der Waals surface area contributed by atoms with Gasteiger partial charge >= 0.3 is 0 Å². The molecule has 3 heteroatoms. The second-order valence-corrected chi connectivity index (χ2v) is 5.03. The molecule has 0 aromatic rings. The summed E-state index contributed by atoms with van der Waals surface area (Å²) < 4.78 is 5.46. The van der Waals surface area contributed by atoms with E-state index in [1.54, 1.807) is 0 Å². The monoisotopic (exact) mass is 205 g/mol. The molecule has 1 atom stereocenters. The van der Waals surface area contributed by atoms with Gasteiger partial charge in [-0.05, 0) is 24.1 Å². The van der Waals surface area contributed by atoms with Crippen LogP contribution < -0.4 is 5.73 Å². The van der Waals surface area contributed by atoms with Crippen LogP contribution in [0.1, 0.15) is 20.8 Å². The molecule has 0 aliphatic rings. The van der Waals surface area contributed by atoms with Gasteiger partial charge in [-0.1, -0.05) is 20.8 Å². The highest BCUT2D eigenvalue weighted by Crippen LogP contribution is 2.06. The van der Waals surface area contributed by atoms with E-state index in [1.165, 1.54) is 0 Å². The molecule has 2 nitrogen and oxygen atoms in total. The van der Waals surface area contributed by atoms with E-state index in [0.717, 1.165) is 31.3 Å². The van der Waals surface area contributed by atoms with Gasteiger partial charge in [-0.25, -0.2) is 0 Å². The smallest absolute Gasteiger partial charge is 0.0556 e. The van der Waals surface area contributed by atoms with Crippen molar-refractivity contribution in [3.8, 4) is 0 Å². The van der Waals surface area contributed by atoms with Crippen molar-refractivity contribution in [1.29, 1.82) is 0 Å². The van der Waals surface area contributed by atoms with E-state index in [9.17, 15) is 0 Å². The van der Waals surface area contributed by atoms with E-state index in [-0.39, 0.29) is 0 Å². The SMILES string of the molecule is CC(C)COCCSCC(C)CN. The third-order valence-electron chi connectivity index (χ3n) is 1.63. The predicted octanol–water partition coefficient (Wildman–Crippen LogP) is 1.99. The second-order valence-electron chi connectivity index (χ2n) is 3.88. The number of ether oxygens (including phenoxy) is 1. The first-order chi connectivity index (χ1) is 6.16. The zero-order valence-corrected chi connectivity index (χ0v) is 9.90. The molecule has 13 heavy (non-hydrogen) atoms. The summed E-state index contributed by atoms with van der Waals surface area (Å²) in [6.45, 7) is 9.07. The first-order valence-corrected chi connectivity index (χ1v) is 6.17. The van der Waals surface area contributed by atoms with Crippen molar-refractivity contribution in [2.75, 3.05) is 31.3 Å². The highest BCUT2D eigenvalue weighted by molar-refractivity contribution is 7.99. The molecule has 0 heterocycles. The third kappa shape index (κ3) is 10.2. The molecule has 0 radical (unpaired) electrons. The van der Waals surface area contributed by atoms with Crippen molar-refractivity contribution in [1.82, 2.24) is 0 Å². The molecule has 0 amide bonds. The van der Waals surface area contributed by atoms with Gasteiger partial charge in [-0.3, -0.25) is 0 Å². The fourth-order valence-electron chi connectivity index (χ4n) is 0.789. The van der Waals surface area contributed by atoms with E-state index < -0.39 is 0 Å². The summed E-state index contributed by atoms with van der Waals surface area (Å²) in [4.78, 5) is 0. The fraction of sp³-hybridized carbons (Fsp3) is 1.00. The van der Waals surface area contributed by atoms with Gasteiger partial charge in [0.1, 0.15) is 0 Å². The van der Waals surface area contributed by atoms with Gasteiger partial charge in [-0.2, -0.15) is 11.8 Å². The first-order valence-electron chi connectivity index (χ1n) is 5.02. The Hall–Kier alpha value is 0.270. The molecule has 80 valence electrons. The predicted molar refractivity (Wildman–Crippen MR) is 61.2 cm³/mol. The maximum Gasteiger partial charge on any atom is 0.0556 e. The van der Waals surface area contributed by atoms with Gasteiger partial charge < -0.3 is 10.5 Å². The van der Waals surface area contributed by atoms with E-state index in [4.69, 9.17) is 10.5 Å². The standard InChI is InChI=1S/C10H23NOS/c1-9(2)7-12-4-5-13-8-10(3)6-11/h9-10H,4-8,11H2,1-3H3. The van der Waals surface area contributed by atoms with Crippen LogP contribution in [-0.2, 0) is 4.74 Å². The average Bonchev–Trinajstić information content (AvgIpc) is 2.10. The second kappa shape index (κ2) is 8.85. The molecule has 0 spiro atoms. The van der Waals surface area contributed by atoms with Crippen LogP contribution in [0.2, 0.25) is 0 Å². The Morgan fingerprint density at radius 3 is 2.54 bits per heavy atom. The Kier molecular flexibility index (Phi) is 9.03. The molecule has 0 saturated heterocycles. The minimum atomic E-state index is 0.634. The van der Waals surface area contributed by atoms with Crippen molar-refractivity contribution >= 4 is 11.8 Å². The van der Waals surface area contributed by atoms with Crippen LogP contribution in [0.4, 0.5) is 0 Å². The van der Waals surface area contributed by atoms with Gasteiger partial charge in [0, 0.05) is 12.4 Å². The average molecular weight is 205 g/mol. The lowest BCUT2D eigenvalue weighted by Gasteiger charge is -2.08. The molecule has 0 aromatic heterocycles. The lowest BCUT2D eigenvalue weighted by Crippen LogP contribution is -2.13. The largest absolute Gasteiger partial charge is 0.380 e. The summed E-state index contributed by atoms with van der Waals surface area (Å²) in [6.07, 6.45) is 0. The van der Waals surface area contributed by atoms with Gasteiger partial charge in [0.25, 0.3) is 0 Å². The van der Waals surface area contributed by atoms with Crippen molar-refractivity contribution in [3.05, 3.63) is 0 Å². The molecular weight excluding hydrogens is 182 g/mol. The summed E-state index contributed by atoms with van der Waals surface area (Å²) in [5, 5.41) is 0. The van der Waals surface area contributed by atoms with Gasteiger partial charge in [-0.15, -0.1) is 0 Å². The summed E-state index contributed by atoms with van der Waals surface area (Å²) in [7, 11) is 0. The normalized spacial score (nSPS) is 13.6. The lowest BCUT2D eigenvalue weighted by molar-refractivity contribution is 0.124. The summed E-state index contributed by atoms with van der Waals surface area (Å²) in [5.74, 6) is 3.53. The molecule has 0 bridgehead atoms. The van der Waals surface area contributed by atoms with Crippen molar-refractivity contribution in [2.45, 2.75) is 20.8 Å². The van der Waals surface area contributed by atoms with Crippen LogP contribution in [0, 0.1) is 11.8 Å². The Labute approximate surface area is 86.6 Å². The Morgan fingerprint density at radius 2 is 2.00 bits per heavy atom. The molecule has 0 fully saturated rings. The van der Waals surface area contributed by atoms with Crippen LogP contribution in [0.3, 0.4) is 0 Å². The Balaban J connectivity index is 2.99. The zero-order chi connectivity index (χ0) is 10.1. The van der Waals surface area contributed by atoms with Crippen LogP contribution in [0.15, 0.2) is 0 Å². The van der Waals surface area contributed by atoms with Crippen LogP contribution in [0.25, 0.3) is 0 Å². The molecule has 0 saturated carbocycles. The molecule has 0 aliphatic heterocycles. The molecule has 0 aromatic carbocycles. The van der Waals surface area contributed by atoms with E-state index in [0.29, 0.717) is 11.8 Å². The van der Waals surface area contributed by atoms with E-state index >= 15 is 0 Å². The summed E-state index contributed by atoms with van der Waals surface area (Å²) in [6, 6.07) is 0. The molecule has 1 unspecified atom stereocenters. The van der Waals surface area contributed by atoms with Crippen LogP contribution in [0.5, 0.6) is 0 Å². The maximum atomic E-state index is 5.51. The van der Waals surface area contributed by atoms with Gasteiger partial charge in [0.05, 0.1) is 6.61 Å². The van der Waals surface area contributed by atoms with E-state index in [1.807, 2.05) is 11.8 Å². The zero-order valence-electron chi connectivity index (χ0n) is 9.08. The lowest BCUT2D eigenvalue weighted by atomic mass is 10.2. The number of hydrogen-bond acceptors (Lipinski definition) is 3. The highest BCUT2D eigenvalue weighted by atomic mass is 32.2. The number of rotatable bonds is 8. The highest BCUT2D eigenvalue weighted by Gasteiger charge is 1.98. The van der Waals surface area contributed by atoms with Gasteiger partial charge in [0.2, 0.25) is 0 Å². The molecule has 0 aliphatic carbocycles. The quantitative estimate of drug-likeness (QED) is 0.616. The summed E-state index contributed by atoms with van der Waals surface area (Å²) >= 11 is 1.93. The van der Waals surface area contributed by atoms with Crippen molar-refractivity contribution in [2.24, 2.45) is 17.6 Å². The Bertz CT molecular complexity index is 109. The Morgan fingerprint density at radius 1 is 1.31 bits per heavy atom. The topological polar surface area (TPSA) is 35.2 Å². The third-order valence-corrected chi connectivity index (χ3v) is 2.89. The number of hydrogen-bond donors (Lipinski definition) is 1. The van der Waals surface area contributed by atoms with Crippen LogP contribution in [-0.4, -0.2) is 31.3 Å². The van der Waals surface area contributed by atoms with Crippen LogP contribution >= 0.6 is 11.8 Å². The number of thioether (sulfide) groups is 1. The minimum absolute atomic E-state index is 0.634. The van der Waals surface area contributed by atoms with Crippen molar-refractivity contribution in [3.63, 3.8) is 0 Å². The van der Waals surface area contributed by atoms with Gasteiger partial charge in [0.15, 0.2) is 0 Å². The first kappa shape index (κ1) is 13.3. The molecule has 2 N–H and O–H groups in total. The van der Waals surface area contributed by atoms with E-state index in [2.05, 4.69) is 20.8 Å².